The number of non-ortho nitro benzene ring substituents is 1. The number of nitrogens with one attached hydrogen (secondary N) is 1. The molecule has 0 saturated heterocycles. The van der Waals surface area contributed by atoms with Crippen LogP contribution in [0, 0.1) is 17.0 Å². The smallest absolute Gasteiger partial charge is 0.273 e. The van der Waals surface area contributed by atoms with Gasteiger partial charge in [0.2, 0.25) is 0 Å². The van der Waals surface area contributed by atoms with Gasteiger partial charge in [-0.3, -0.25) is 14.8 Å². The van der Waals surface area contributed by atoms with Crippen LogP contribution in [0.2, 0.25) is 4.47 Å². The van der Waals surface area contributed by atoms with E-state index >= 15 is 0 Å². The van der Waals surface area contributed by atoms with Crippen molar-refractivity contribution in [3.05, 3.63) is 44.5 Å². The number of hydrogen-bond donors (Lipinski definition) is 1. The van der Waals surface area contributed by atoms with E-state index in [-0.39, 0.29) is 20.1 Å². The van der Waals surface area contributed by atoms with Gasteiger partial charge >= 0.3 is 0 Å². The molecule has 7 nitrogen and oxygen atoms in total. The second-order valence-corrected chi connectivity index (χ2v) is 7.32. The average Bonchev–Trinajstić information content (AvgIpc) is 2.79. The van der Waals surface area contributed by atoms with E-state index in [1.165, 1.54) is 18.2 Å². The molecule has 2 rings (SSSR count). The number of nitrogens with zero attached hydrogens (tertiary/aromatic N) is 2. The highest BCUT2D eigenvalue weighted by molar-refractivity contribution is 7.94. The predicted octanol–water partition coefficient (Wildman–Crippen LogP) is 2.81. The summed E-state index contributed by atoms with van der Waals surface area (Å²) in [6.07, 6.45) is 1.15. The summed E-state index contributed by atoms with van der Waals surface area (Å²) >= 11 is 6.42. The molecule has 0 unspecified atom stereocenters. The highest BCUT2D eigenvalue weighted by Crippen LogP contribution is 2.27. The molecule has 10 heteroatoms. The molecule has 0 bridgehead atoms. The Kier molecular flexibility index (Phi) is 3.93. The maximum atomic E-state index is 12.1. The Labute approximate surface area is 123 Å². The normalized spacial score (nSPS) is 11.3. The molecule has 0 radical (unpaired) electrons. The first-order chi connectivity index (χ1) is 9.29. The number of thiazole rings is 1. The molecule has 0 amide bonds. The van der Waals surface area contributed by atoms with Gasteiger partial charge in [-0.05, 0) is 18.6 Å². The van der Waals surface area contributed by atoms with Crippen LogP contribution in [0.3, 0.4) is 0 Å². The molecular weight excluding hydrogens is 326 g/mol. The van der Waals surface area contributed by atoms with Gasteiger partial charge in [0.15, 0.2) is 8.68 Å². The number of sulfonamides is 1. The summed E-state index contributed by atoms with van der Waals surface area (Å²) < 4.78 is 26.5. The quantitative estimate of drug-likeness (QED) is 0.684. The molecule has 1 N–H and O–H groups in total. The number of halogens is 1. The monoisotopic (exact) mass is 333 g/mol. The maximum Gasteiger partial charge on any atom is 0.273 e. The second kappa shape index (κ2) is 5.35. The molecule has 0 saturated carbocycles. The van der Waals surface area contributed by atoms with Gasteiger partial charge in [0.1, 0.15) is 0 Å². The maximum absolute atomic E-state index is 12.1. The van der Waals surface area contributed by atoms with E-state index in [1.54, 1.807) is 6.92 Å². The van der Waals surface area contributed by atoms with Gasteiger partial charge < -0.3 is 0 Å². The molecule has 0 atom stereocenters. The SMILES string of the molecule is Cc1cc([N+](=O)[O-])ccc1NS(=O)(=O)c1cnc(Cl)s1. The van der Waals surface area contributed by atoms with E-state index in [2.05, 4.69) is 9.71 Å². The number of hydrogen-bond acceptors (Lipinski definition) is 6. The number of anilines is 1. The van der Waals surface area contributed by atoms with Crippen molar-refractivity contribution in [3.8, 4) is 0 Å². The zero-order valence-electron chi connectivity index (χ0n) is 10.0. The summed E-state index contributed by atoms with van der Waals surface area (Å²) in [7, 11) is -3.80. The minimum atomic E-state index is -3.80. The molecule has 0 fully saturated rings. The summed E-state index contributed by atoms with van der Waals surface area (Å²) in [5.74, 6) is 0. The molecule has 106 valence electrons. The fraction of sp³-hybridized carbons (Fsp3) is 0.100. The summed E-state index contributed by atoms with van der Waals surface area (Å²) in [5, 5.41) is 10.6. The lowest BCUT2D eigenvalue weighted by Gasteiger charge is -2.08. The van der Waals surface area contributed by atoms with Crippen LogP contribution in [0.1, 0.15) is 5.56 Å². The zero-order chi connectivity index (χ0) is 14.9. The Bertz CT molecular complexity index is 773. The van der Waals surface area contributed by atoms with Gasteiger partial charge in [0.25, 0.3) is 15.7 Å². The summed E-state index contributed by atoms with van der Waals surface area (Å²) in [6.45, 7) is 1.57. The summed E-state index contributed by atoms with van der Waals surface area (Å²) in [5.41, 5.74) is 0.602. The van der Waals surface area contributed by atoms with Gasteiger partial charge in [-0.2, -0.15) is 0 Å². The van der Waals surface area contributed by atoms with Crippen LogP contribution in [0.4, 0.5) is 11.4 Å². The highest BCUT2D eigenvalue weighted by Gasteiger charge is 2.19. The number of rotatable bonds is 4. The highest BCUT2D eigenvalue weighted by atomic mass is 35.5. The van der Waals surface area contributed by atoms with E-state index in [4.69, 9.17) is 11.6 Å². The standard InChI is InChI=1S/C10H8ClN3O4S2/c1-6-4-7(14(15)16)2-3-8(6)13-20(17,18)9-5-12-10(11)19-9/h2-5,13H,1H3. The van der Waals surface area contributed by atoms with Gasteiger partial charge in [0.05, 0.1) is 16.8 Å². The van der Waals surface area contributed by atoms with Crippen molar-refractivity contribution in [1.82, 2.24) is 4.98 Å². The number of nitro benzene ring substituents is 1. The Morgan fingerprint density at radius 1 is 1.45 bits per heavy atom. The summed E-state index contributed by atoms with van der Waals surface area (Å²) in [6, 6.07) is 3.86. The predicted molar refractivity (Wildman–Crippen MR) is 75.8 cm³/mol. The van der Waals surface area contributed by atoms with Crippen LogP contribution in [-0.4, -0.2) is 18.3 Å². The van der Waals surface area contributed by atoms with Gasteiger partial charge in [-0.1, -0.05) is 22.9 Å². The Hall–Kier alpha value is -1.71. The summed E-state index contributed by atoms with van der Waals surface area (Å²) in [4.78, 5) is 13.7. The number of benzene rings is 1. The molecule has 0 aliphatic rings. The molecule has 0 spiro atoms. The lowest BCUT2D eigenvalue weighted by molar-refractivity contribution is -0.384. The fourth-order valence-corrected chi connectivity index (χ4v) is 3.86. The van der Waals surface area contributed by atoms with Gasteiger partial charge in [-0.15, -0.1) is 0 Å². The van der Waals surface area contributed by atoms with Crippen molar-refractivity contribution < 1.29 is 13.3 Å². The topological polar surface area (TPSA) is 102 Å². The van der Waals surface area contributed by atoms with Crippen LogP contribution in [0.15, 0.2) is 28.6 Å². The minimum Gasteiger partial charge on any atom is -0.279 e. The molecule has 1 heterocycles. The second-order valence-electron chi connectivity index (χ2n) is 3.79. The van der Waals surface area contributed by atoms with Crippen LogP contribution < -0.4 is 4.72 Å². The van der Waals surface area contributed by atoms with Crippen molar-refractivity contribution in [2.24, 2.45) is 0 Å². The van der Waals surface area contributed by atoms with Crippen molar-refractivity contribution in [1.29, 1.82) is 0 Å². The van der Waals surface area contributed by atoms with Crippen molar-refractivity contribution in [2.75, 3.05) is 4.72 Å². The van der Waals surface area contributed by atoms with Crippen LogP contribution in [0.5, 0.6) is 0 Å². The average molecular weight is 334 g/mol. The zero-order valence-corrected chi connectivity index (χ0v) is 12.4. The third-order valence-electron chi connectivity index (χ3n) is 2.39. The molecule has 20 heavy (non-hydrogen) atoms. The first-order valence-electron chi connectivity index (χ1n) is 5.19. The van der Waals surface area contributed by atoms with E-state index in [9.17, 15) is 18.5 Å². The van der Waals surface area contributed by atoms with Gasteiger partial charge in [-0.25, -0.2) is 13.4 Å². The molecule has 0 aliphatic heterocycles. The third-order valence-corrected chi connectivity index (χ3v) is 5.33. The number of nitro groups is 1. The first-order valence-corrected chi connectivity index (χ1v) is 7.86. The van der Waals surface area contributed by atoms with Crippen molar-refractivity contribution in [2.45, 2.75) is 11.1 Å². The third kappa shape index (κ3) is 3.06. The number of aryl methyl sites for hydroxylation is 1. The van der Waals surface area contributed by atoms with E-state index in [0.29, 0.717) is 5.56 Å². The van der Waals surface area contributed by atoms with Crippen molar-refractivity contribution >= 4 is 44.3 Å². The van der Waals surface area contributed by atoms with Crippen molar-refractivity contribution in [3.63, 3.8) is 0 Å². The first kappa shape index (κ1) is 14.7. The van der Waals surface area contributed by atoms with E-state index in [1.807, 2.05) is 0 Å². The lowest BCUT2D eigenvalue weighted by Crippen LogP contribution is -2.12. The van der Waals surface area contributed by atoms with E-state index < -0.39 is 14.9 Å². The van der Waals surface area contributed by atoms with Crippen LogP contribution in [-0.2, 0) is 10.0 Å². The molecule has 1 aromatic heterocycles. The molecule has 1 aromatic carbocycles. The fourth-order valence-electron chi connectivity index (χ4n) is 1.43. The molecule has 2 aromatic rings. The Morgan fingerprint density at radius 2 is 2.15 bits per heavy atom. The number of aromatic nitrogens is 1. The van der Waals surface area contributed by atoms with Crippen LogP contribution >= 0.6 is 22.9 Å². The van der Waals surface area contributed by atoms with Gasteiger partial charge in [0, 0.05) is 12.1 Å². The van der Waals surface area contributed by atoms with Crippen LogP contribution in [0.25, 0.3) is 0 Å². The molecule has 0 aliphatic carbocycles. The minimum absolute atomic E-state index is 0.0275. The Balaban J connectivity index is 2.32. The Morgan fingerprint density at radius 3 is 2.65 bits per heavy atom. The van der Waals surface area contributed by atoms with E-state index in [0.717, 1.165) is 17.5 Å². The lowest BCUT2D eigenvalue weighted by atomic mass is 10.2. The molecular formula is C10H8ClN3O4S2. The largest absolute Gasteiger partial charge is 0.279 e.